The monoisotopic (exact) mass is 293 g/mol. The molecule has 0 saturated carbocycles. The number of carbonyl (C=O) groups is 1. The van der Waals surface area contributed by atoms with Crippen LogP contribution < -0.4 is 5.32 Å². The van der Waals surface area contributed by atoms with E-state index in [0.717, 1.165) is 25.7 Å². The quantitative estimate of drug-likeness (QED) is 0.797. The zero-order valence-corrected chi connectivity index (χ0v) is 12.6. The van der Waals surface area contributed by atoms with E-state index in [9.17, 15) is 15.0 Å². The fourth-order valence-corrected chi connectivity index (χ4v) is 2.89. The summed E-state index contributed by atoms with van der Waals surface area (Å²) in [6.07, 6.45) is 3.40. The Morgan fingerprint density at radius 1 is 1.29 bits per heavy atom. The molecular formula is C16H23NO4. The minimum Gasteiger partial charge on any atom is -0.508 e. The molecule has 3 N–H and O–H groups in total. The number of aromatic hydroxyl groups is 2. The van der Waals surface area contributed by atoms with E-state index in [1.165, 1.54) is 18.2 Å². The summed E-state index contributed by atoms with van der Waals surface area (Å²) < 4.78 is 5.89. The first-order chi connectivity index (χ1) is 9.98. The van der Waals surface area contributed by atoms with Crippen molar-refractivity contribution in [2.24, 2.45) is 0 Å². The SMILES string of the molecule is CCC1(CC)CC(NC(=O)c2cc(O)cc(O)c2)CCO1. The van der Waals surface area contributed by atoms with Crippen LogP contribution in [0.3, 0.4) is 0 Å². The van der Waals surface area contributed by atoms with Crippen molar-refractivity contribution in [3.63, 3.8) is 0 Å². The third-order valence-electron chi connectivity index (χ3n) is 4.28. The van der Waals surface area contributed by atoms with Gasteiger partial charge in [-0.25, -0.2) is 0 Å². The Kier molecular flexibility index (Phi) is 4.73. The maximum absolute atomic E-state index is 12.2. The van der Waals surface area contributed by atoms with E-state index in [1.54, 1.807) is 0 Å². The average Bonchev–Trinajstić information content (AvgIpc) is 2.46. The number of carbonyl (C=O) groups excluding carboxylic acids is 1. The van der Waals surface area contributed by atoms with Crippen LogP contribution in [0.2, 0.25) is 0 Å². The van der Waals surface area contributed by atoms with Gasteiger partial charge in [-0.15, -0.1) is 0 Å². The molecule has 1 fully saturated rings. The van der Waals surface area contributed by atoms with E-state index in [-0.39, 0.29) is 34.6 Å². The molecule has 0 radical (unpaired) electrons. The van der Waals surface area contributed by atoms with E-state index in [4.69, 9.17) is 4.74 Å². The molecule has 21 heavy (non-hydrogen) atoms. The lowest BCUT2D eigenvalue weighted by Gasteiger charge is -2.40. The van der Waals surface area contributed by atoms with E-state index >= 15 is 0 Å². The molecule has 2 rings (SSSR count). The smallest absolute Gasteiger partial charge is 0.251 e. The van der Waals surface area contributed by atoms with Gasteiger partial charge in [-0.1, -0.05) is 13.8 Å². The predicted octanol–water partition coefficient (Wildman–Crippen LogP) is 2.57. The fraction of sp³-hybridized carbons (Fsp3) is 0.562. The highest BCUT2D eigenvalue weighted by atomic mass is 16.5. The van der Waals surface area contributed by atoms with Crippen molar-refractivity contribution in [3.8, 4) is 11.5 Å². The van der Waals surface area contributed by atoms with Gasteiger partial charge in [-0.05, 0) is 37.8 Å². The van der Waals surface area contributed by atoms with Crippen LogP contribution in [0.1, 0.15) is 49.9 Å². The Balaban J connectivity index is 2.05. The summed E-state index contributed by atoms with van der Waals surface area (Å²) in [5.74, 6) is -0.526. The normalized spacial score (nSPS) is 21.0. The molecule has 1 heterocycles. The number of hydrogen-bond acceptors (Lipinski definition) is 4. The summed E-state index contributed by atoms with van der Waals surface area (Å²) in [6.45, 7) is 4.83. The summed E-state index contributed by atoms with van der Waals surface area (Å²) in [4.78, 5) is 12.2. The van der Waals surface area contributed by atoms with Crippen molar-refractivity contribution < 1.29 is 19.7 Å². The van der Waals surface area contributed by atoms with Gasteiger partial charge < -0.3 is 20.3 Å². The van der Waals surface area contributed by atoms with Crippen LogP contribution in [0.25, 0.3) is 0 Å². The molecule has 0 spiro atoms. The standard InChI is InChI=1S/C16H23NO4/c1-3-16(4-2)10-12(5-6-21-16)17-15(20)11-7-13(18)9-14(19)8-11/h7-9,12,18-19H,3-6,10H2,1-2H3,(H,17,20). The summed E-state index contributed by atoms with van der Waals surface area (Å²) >= 11 is 0. The molecule has 0 aliphatic carbocycles. The van der Waals surface area contributed by atoms with Crippen molar-refractivity contribution in [2.75, 3.05) is 6.61 Å². The zero-order chi connectivity index (χ0) is 15.5. The lowest BCUT2D eigenvalue weighted by atomic mass is 9.86. The molecule has 0 bridgehead atoms. The molecule has 5 nitrogen and oxygen atoms in total. The molecule has 1 unspecified atom stereocenters. The molecular weight excluding hydrogens is 270 g/mol. The minimum absolute atomic E-state index is 0.0515. The van der Waals surface area contributed by atoms with E-state index in [2.05, 4.69) is 19.2 Å². The largest absolute Gasteiger partial charge is 0.508 e. The first-order valence-electron chi connectivity index (χ1n) is 7.46. The van der Waals surface area contributed by atoms with Gasteiger partial charge in [0.25, 0.3) is 5.91 Å². The molecule has 1 aromatic carbocycles. The second kappa shape index (κ2) is 6.35. The summed E-state index contributed by atoms with van der Waals surface area (Å²) in [7, 11) is 0. The van der Waals surface area contributed by atoms with Crippen LogP contribution in [-0.2, 0) is 4.74 Å². The second-order valence-electron chi connectivity index (χ2n) is 5.64. The van der Waals surface area contributed by atoms with E-state index in [0.29, 0.717) is 6.61 Å². The number of ether oxygens (including phenoxy) is 1. The van der Waals surface area contributed by atoms with Crippen molar-refractivity contribution in [3.05, 3.63) is 23.8 Å². The van der Waals surface area contributed by atoms with Crippen molar-refractivity contribution in [1.82, 2.24) is 5.32 Å². The lowest BCUT2D eigenvalue weighted by molar-refractivity contribution is -0.0917. The maximum atomic E-state index is 12.2. The van der Waals surface area contributed by atoms with Gasteiger partial charge in [0.15, 0.2) is 0 Å². The van der Waals surface area contributed by atoms with E-state index < -0.39 is 0 Å². The highest BCUT2D eigenvalue weighted by Crippen LogP contribution is 2.31. The summed E-state index contributed by atoms with van der Waals surface area (Å²) in [5.41, 5.74) is 0.106. The molecule has 0 aromatic heterocycles. The molecule has 116 valence electrons. The number of nitrogens with one attached hydrogen (secondary N) is 1. The van der Waals surface area contributed by atoms with Gasteiger partial charge in [0.05, 0.1) is 5.60 Å². The third-order valence-corrected chi connectivity index (χ3v) is 4.28. The van der Waals surface area contributed by atoms with Crippen molar-refractivity contribution in [1.29, 1.82) is 0 Å². The molecule has 1 atom stereocenters. The minimum atomic E-state index is -0.283. The number of hydrogen-bond donors (Lipinski definition) is 3. The number of rotatable bonds is 4. The van der Waals surface area contributed by atoms with E-state index in [1.807, 2.05) is 0 Å². The van der Waals surface area contributed by atoms with Gasteiger partial charge in [0.2, 0.25) is 0 Å². The highest BCUT2D eigenvalue weighted by molar-refractivity contribution is 5.95. The number of phenols is 2. The Morgan fingerprint density at radius 2 is 1.90 bits per heavy atom. The highest BCUT2D eigenvalue weighted by Gasteiger charge is 2.35. The van der Waals surface area contributed by atoms with Crippen LogP contribution >= 0.6 is 0 Å². The first kappa shape index (κ1) is 15.6. The Labute approximate surface area is 124 Å². The van der Waals surface area contributed by atoms with Gasteiger partial charge in [-0.2, -0.15) is 0 Å². The third kappa shape index (κ3) is 3.67. The number of amides is 1. The molecule has 1 aliphatic rings. The molecule has 1 amide bonds. The Bertz CT molecular complexity index is 491. The topological polar surface area (TPSA) is 78.8 Å². The van der Waals surface area contributed by atoms with Gasteiger partial charge >= 0.3 is 0 Å². The lowest BCUT2D eigenvalue weighted by Crippen LogP contribution is -2.48. The second-order valence-corrected chi connectivity index (χ2v) is 5.64. The summed E-state index contributed by atoms with van der Waals surface area (Å²) in [6, 6.07) is 3.95. The number of benzene rings is 1. The average molecular weight is 293 g/mol. The van der Waals surface area contributed by atoms with Crippen LogP contribution in [0, 0.1) is 0 Å². The van der Waals surface area contributed by atoms with Gasteiger partial charge in [-0.3, -0.25) is 4.79 Å². The molecule has 5 heteroatoms. The van der Waals surface area contributed by atoms with Crippen LogP contribution in [0.5, 0.6) is 11.5 Å². The van der Waals surface area contributed by atoms with Crippen LogP contribution in [-0.4, -0.2) is 34.4 Å². The van der Waals surface area contributed by atoms with Crippen LogP contribution in [0.15, 0.2) is 18.2 Å². The fourth-order valence-electron chi connectivity index (χ4n) is 2.89. The van der Waals surface area contributed by atoms with Crippen molar-refractivity contribution in [2.45, 2.75) is 51.2 Å². The summed E-state index contributed by atoms with van der Waals surface area (Å²) in [5, 5.41) is 21.9. The molecule has 1 aromatic rings. The van der Waals surface area contributed by atoms with Crippen molar-refractivity contribution >= 4 is 5.91 Å². The van der Waals surface area contributed by atoms with Gasteiger partial charge in [0.1, 0.15) is 11.5 Å². The molecule has 1 aliphatic heterocycles. The zero-order valence-electron chi connectivity index (χ0n) is 12.6. The van der Waals surface area contributed by atoms with Gasteiger partial charge in [0, 0.05) is 24.3 Å². The van der Waals surface area contributed by atoms with Crippen LogP contribution in [0.4, 0.5) is 0 Å². The maximum Gasteiger partial charge on any atom is 0.251 e. The number of phenolic OH excluding ortho intramolecular Hbond substituents is 2. The first-order valence-corrected chi connectivity index (χ1v) is 7.46. The Morgan fingerprint density at radius 3 is 2.48 bits per heavy atom. The molecule has 1 saturated heterocycles. The Hall–Kier alpha value is -1.75. The predicted molar refractivity (Wildman–Crippen MR) is 79.5 cm³/mol.